The molecule has 23 heavy (non-hydrogen) atoms. The lowest BCUT2D eigenvalue weighted by Gasteiger charge is -2.10. The molecule has 0 aliphatic rings. The van der Waals surface area contributed by atoms with E-state index >= 15 is 0 Å². The van der Waals surface area contributed by atoms with E-state index in [-0.39, 0.29) is 25.4 Å². The van der Waals surface area contributed by atoms with Gasteiger partial charge in [-0.2, -0.15) is 0 Å². The summed E-state index contributed by atoms with van der Waals surface area (Å²) >= 11 is 12.0. The predicted octanol–water partition coefficient (Wildman–Crippen LogP) is 3.34. The average molecular weight is 378 g/mol. The van der Waals surface area contributed by atoms with E-state index in [9.17, 15) is 4.79 Å². The number of halogens is 3. The molecular formula is C15H15Cl3N2O3. The van der Waals surface area contributed by atoms with Crippen molar-refractivity contribution in [1.29, 1.82) is 0 Å². The van der Waals surface area contributed by atoms with Crippen LogP contribution >= 0.6 is 35.6 Å². The van der Waals surface area contributed by atoms with Gasteiger partial charge in [0.1, 0.15) is 18.4 Å². The third-order valence-corrected chi connectivity index (χ3v) is 3.68. The molecule has 0 fully saturated rings. The second-order valence-electron chi connectivity index (χ2n) is 4.66. The standard InChI is InChI=1S/C15H14Cl2N2O3.ClH/c16-12-6-19-7-13(17)11(12)8-22-10-3-1-9(2-4-10)5-14(18)15(20)21;/h1-4,6-7,14H,5,8,18H2,(H,20,21);1H/t14-;/m0./s1. The molecule has 8 heteroatoms. The van der Waals surface area contributed by atoms with E-state index in [1.54, 1.807) is 24.3 Å². The predicted molar refractivity (Wildman–Crippen MR) is 91.6 cm³/mol. The summed E-state index contributed by atoms with van der Waals surface area (Å²) in [6, 6.07) is 6.11. The molecule has 0 saturated carbocycles. The van der Waals surface area contributed by atoms with Crippen LogP contribution < -0.4 is 10.5 Å². The van der Waals surface area contributed by atoms with Gasteiger partial charge >= 0.3 is 5.97 Å². The number of pyridine rings is 1. The van der Waals surface area contributed by atoms with Gasteiger partial charge in [0.25, 0.3) is 0 Å². The molecule has 124 valence electrons. The highest BCUT2D eigenvalue weighted by Gasteiger charge is 2.12. The van der Waals surface area contributed by atoms with Crippen LogP contribution in [0.15, 0.2) is 36.7 Å². The molecule has 0 bridgehead atoms. The number of carboxylic acids is 1. The van der Waals surface area contributed by atoms with Crippen molar-refractivity contribution in [3.05, 3.63) is 57.8 Å². The van der Waals surface area contributed by atoms with E-state index in [0.717, 1.165) is 5.56 Å². The van der Waals surface area contributed by atoms with Crippen LogP contribution in [0.5, 0.6) is 5.75 Å². The number of hydrogen-bond donors (Lipinski definition) is 2. The number of nitrogens with zero attached hydrogens (tertiary/aromatic N) is 1. The summed E-state index contributed by atoms with van der Waals surface area (Å²) in [5, 5.41) is 9.66. The highest BCUT2D eigenvalue weighted by molar-refractivity contribution is 6.35. The number of ether oxygens (including phenoxy) is 1. The molecule has 0 spiro atoms. The maximum absolute atomic E-state index is 10.7. The van der Waals surface area contributed by atoms with Crippen molar-refractivity contribution in [1.82, 2.24) is 4.98 Å². The molecule has 0 radical (unpaired) electrons. The summed E-state index contributed by atoms with van der Waals surface area (Å²) in [7, 11) is 0. The smallest absolute Gasteiger partial charge is 0.320 e. The number of benzene rings is 1. The Kier molecular flexibility index (Phi) is 7.58. The number of carbonyl (C=O) groups is 1. The Hall–Kier alpha value is -1.53. The van der Waals surface area contributed by atoms with Crippen LogP contribution in [0.25, 0.3) is 0 Å². The molecular weight excluding hydrogens is 363 g/mol. The molecule has 0 unspecified atom stereocenters. The first kappa shape index (κ1) is 19.5. The van der Waals surface area contributed by atoms with Crippen molar-refractivity contribution < 1.29 is 14.6 Å². The summed E-state index contributed by atoms with van der Waals surface area (Å²) in [6.07, 6.45) is 3.27. The van der Waals surface area contributed by atoms with Gasteiger partial charge in [-0.05, 0) is 24.1 Å². The fraction of sp³-hybridized carbons (Fsp3) is 0.200. The normalized spacial score (nSPS) is 11.4. The highest BCUT2D eigenvalue weighted by Crippen LogP contribution is 2.24. The van der Waals surface area contributed by atoms with E-state index in [4.69, 9.17) is 38.8 Å². The van der Waals surface area contributed by atoms with E-state index in [1.807, 2.05) is 0 Å². The van der Waals surface area contributed by atoms with E-state index in [1.165, 1.54) is 12.4 Å². The number of rotatable bonds is 6. The summed E-state index contributed by atoms with van der Waals surface area (Å²) in [5.41, 5.74) is 6.97. The van der Waals surface area contributed by atoms with Crippen LogP contribution in [-0.4, -0.2) is 22.1 Å². The summed E-state index contributed by atoms with van der Waals surface area (Å²) < 4.78 is 5.62. The Morgan fingerprint density at radius 1 is 1.22 bits per heavy atom. The number of carboxylic acid groups (broad SMARTS) is 1. The second kappa shape index (κ2) is 8.93. The van der Waals surface area contributed by atoms with Crippen molar-refractivity contribution in [2.45, 2.75) is 19.1 Å². The lowest BCUT2D eigenvalue weighted by Crippen LogP contribution is -2.32. The van der Waals surface area contributed by atoms with Crippen molar-refractivity contribution in [3.8, 4) is 5.75 Å². The highest BCUT2D eigenvalue weighted by atomic mass is 35.5. The minimum Gasteiger partial charge on any atom is -0.489 e. The van der Waals surface area contributed by atoms with E-state index in [2.05, 4.69) is 4.98 Å². The van der Waals surface area contributed by atoms with Crippen molar-refractivity contribution in [2.75, 3.05) is 0 Å². The molecule has 1 atom stereocenters. The van der Waals surface area contributed by atoms with Gasteiger partial charge in [-0.3, -0.25) is 9.78 Å². The second-order valence-corrected chi connectivity index (χ2v) is 5.48. The van der Waals surface area contributed by atoms with Crippen molar-refractivity contribution in [2.24, 2.45) is 5.73 Å². The molecule has 2 aromatic rings. The summed E-state index contributed by atoms with van der Waals surface area (Å²) in [6.45, 7) is 0.216. The number of hydrogen-bond acceptors (Lipinski definition) is 4. The fourth-order valence-electron chi connectivity index (χ4n) is 1.79. The lowest BCUT2D eigenvalue weighted by molar-refractivity contribution is -0.138. The minimum atomic E-state index is -1.03. The van der Waals surface area contributed by atoms with E-state index < -0.39 is 12.0 Å². The molecule has 0 saturated heterocycles. The van der Waals surface area contributed by atoms with Crippen LogP contribution in [-0.2, 0) is 17.8 Å². The zero-order chi connectivity index (χ0) is 16.1. The SMILES string of the molecule is Cl.N[C@@H](Cc1ccc(OCc2c(Cl)cncc2Cl)cc1)C(=O)O. The maximum atomic E-state index is 10.7. The Morgan fingerprint density at radius 3 is 2.30 bits per heavy atom. The van der Waals surface area contributed by atoms with Crippen LogP contribution in [0, 0.1) is 0 Å². The van der Waals surface area contributed by atoms with Crippen molar-refractivity contribution in [3.63, 3.8) is 0 Å². The molecule has 2 rings (SSSR count). The van der Waals surface area contributed by atoms with Gasteiger partial charge in [0.05, 0.1) is 10.0 Å². The first-order valence-corrected chi connectivity index (χ1v) is 7.21. The molecule has 1 aromatic heterocycles. The molecule has 1 aromatic carbocycles. The Balaban J connectivity index is 0.00000264. The Bertz CT molecular complexity index is 645. The zero-order valence-electron chi connectivity index (χ0n) is 11.9. The van der Waals surface area contributed by atoms with Gasteiger partial charge in [-0.1, -0.05) is 35.3 Å². The monoisotopic (exact) mass is 376 g/mol. The van der Waals surface area contributed by atoms with Crippen molar-refractivity contribution >= 4 is 41.6 Å². The molecule has 0 aliphatic carbocycles. The van der Waals surface area contributed by atoms with Crippen LogP contribution in [0.4, 0.5) is 0 Å². The third kappa shape index (κ3) is 5.55. The number of aliphatic carboxylic acids is 1. The molecule has 0 amide bonds. The first-order valence-electron chi connectivity index (χ1n) is 6.45. The van der Waals surface area contributed by atoms with Gasteiger partial charge in [-0.25, -0.2) is 0 Å². The molecule has 0 aliphatic heterocycles. The van der Waals surface area contributed by atoms with Gasteiger partial charge in [0.2, 0.25) is 0 Å². The Morgan fingerprint density at radius 2 is 1.78 bits per heavy atom. The van der Waals surface area contributed by atoms with Crippen LogP contribution in [0.3, 0.4) is 0 Å². The molecule has 3 N–H and O–H groups in total. The number of aromatic nitrogens is 1. The largest absolute Gasteiger partial charge is 0.489 e. The van der Waals surface area contributed by atoms with Gasteiger partial charge in [0.15, 0.2) is 0 Å². The summed E-state index contributed by atoms with van der Waals surface area (Å²) in [4.78, 5) is 14.6. The molecule has 5 nitrogen and oxygen atoms in total. The summed E-state index contributed by atoms with van der Waals surface area (Å²) in [5.74, 6) is -0.404. The van der Waals surface area contributed by atoms with Crippen LogP contribution in [0.2, 0.25) is 10.0 Å². The first-order chi connectivity index (χ1) is 10.5. The van der Waals surface area contributed by atoms with Gasteiger partial charge < -0.3 is 15.6 Å². The van der Waals surface area contributed by atoms with Crippen LogP contribution in [0.1, 0.15) is 11.1 Å². The number of nitrogens with two attached hydrogens (primary N) is 1. The quantitative estimate of drug-likeness (QED) is 0.806. The zero-order valence-corrected chi connectivity index (χ0v) is 14.2. The fourth-order valence-corrected chi connectivity index (χ4v) is 2.27. The minimum absolute atomic E-state index is 0. The Labute approximate surface area is 149 Å². The maximum Gasteiger partial charge on any atom is 0.320 e. The molecule has 1 heterocycles. The van der Waals surface area contributed by atoms with Gasteiger partial charge in [-0.15, -0.1) is 12.4 Å². The topological polar surface area (TPSA) is 85.4 Å². The average Bonchev–Trinajstić information content (AvgIpc) is 2.48. The van der Waals surface area contributed by atoms with Gasteiger partial charge in [0, 0.05) is 18.0 Å². The third-order valence-electron chi connectivity index (χ3n) is 3.03. The lowest BCUT2D eigenvalue weighted by atomic mass is 10.1. The van der Waals surface area contributed by atoms with E-state index in [0.29, 0.717) is 21.4 Å².